The van der Waals surface area contributed by atoms with Gasteiger partial charge < -0.3 is 23.6 Å². The minimum atomic E-state index is -4.08. The van der Waals surface area contributed by atoms with Crippen molar-refractivity contribution < 1.29 is 47.4 Å². The van der Waals surface area contributed by atoms with Crippen molar-refractivity contribution in [3.05, 3.63) is 120 Å². The highest BCUT2D eigenvalue weighted by molar-refractivity contribution is 7.92. The van der Waals surface area contributed by atoms with E-state index in [-0.39, 0.29) is 43.5 Å². The molecule has 0 spiro atoms. The SMILES string of the molecule is C#Cc1ccc(CS(=O)(=O)Oc2cccc(C(=O)Nc3ncc(S(C)(=O)=O)s3)c2)c(N)c1.CC.CN1CCN(CS(=O)(=O)Oc2cccc(C(=O)Nc3ncc(S(=O)CC/C=C/c4nncn4C)s3)c2)CC1. The molecule has 21 nitrogen and oxygen atoms in total. The van der Waals surface area contributed by atoms with E-state index in [1.165, 1.54) is 54.7 Å². The molecule has 1 atom stereocenters. The van der Waals surface area contributed by atoms with Crippen LogP contribution in [0.15, 0.2) is 99.9 Å². The summed E-state index contributed by atoms with van der Waals surface area (Å²) in [6.45, 7) is 6.86. The maximum atomic E-state index is 12.7. The van der Waals surface area contributed by atoms with Crippen molar-refractivity contribution in [3.63, 3.8) is 0 Å². The lowest BCUT2D eigenvalue weighted by Gasteiger charge is -2.31. The molecule has 6 aromatic rings. The number of piperazine rings is 1. The number of hydrogen-bond acceptors (Lipinski definition) is 20. The number of amides is 2. The van der Waals surface area contributed by atoms with E-state index in [1.54, 1.807) is 29.1 Å². The second-order valence-electron chi connectivity index (χ2n) is 15.3. The number of likely N-dealkylation sites (N-methyl/N-ethyl adjacent to an activating group) is 1. The number of allylic oxidation sites excluding steroid dienone is 1. The summed E-state index contributed by atoms with van der Waals surface area (Å²) in [6.07, 6.45) is 14.8. The van der Waals surface area contributed by atoms with Gasteiger partial charge in [-0.2, -0.15) is 16.8 Å². The van der Waals surface area contributed by atoms with Crippen LogP contribution in [0.3, 0.4) is 0 Å². The molecule has 0 radical (unpaired) electrons. The fourth-order valence-corrected chi connectivity index (χ4v) is 12.1. The highest BCUT2D eigenvalue weighted by Crippen LogP contribution is 2.26. The third-order valence-electron chi connectivity index (χ3n) is 9.70. The summed E-state index contributed by atoms with van der Waals surface area (Å²) in [5.74, 6) is 1.69. The van der Waals surface area contributed by atoms with E-state index >= 15 is 0 Å². The molecule has 3 aromatic heterocycles. The van der Waals surface area contributed by atoms with Crippen molar-refractivity contribution in [2.45, 2.75) is 34.4 Å². The second-order valence-corrected chi connectivity index (χ2v) is 24.5. The zero-order chi connectivity index (χ0) is 52.6. The predicted molar refractivity (Wildman–Crippen MR) is 279 cm³/mol. The third kappa shape index (κ3) is 17.4. The molecule has 0 saturated carbocycles. The molecule has 4 N–H and O–H groups in total. The number of nitrogens with two attached hydrogens (primary N) is 1. The van der Waals surface area contributed by atoms with Crippen LogP contribution in [0.1, 0.15) is 57.9 Å². The number of nitrogens with zero attached hydrogens (tertiary/aromatic N) is 7. The highest BCUT2D eigenvalue weighted by atomic mass is 32.2. The number of carbonyl (C=O) groups is 2. The highest BCUT2D eigenvalue weighted by Gasteiger charge is 2.23. The minimum Gasteiger partial charge on any atom is -0.398 e. The first kappa shape index (κ1) is 56.5. The van der Waals surface area contributed by atoms with Gasteiger partial charge >= 0.3 is 20.2 Å². The molecule has 1 fully saturated rings. The van der Waals surface area contributed by atoms with Gasteiger partial charge in [-0.3, -0.25) is 29.3 Å². The zero-order valence-electron chi connectivity index (χ0n) is 39.6. The molecule has 1 unspecified atom stereocenters. The molecule has 1 aliphatic heterocycles. The molecule has 4 heterocycles. The molecule has 1 aliphatic rings. The van der Waals surface area contributed by atoms with Crippen molar-refractivity contribution in [2.75, 3.05) is 67.5 Å². The van der Waals surface area contributed by atoms with Gasteiger partial charge in [0, 0.05) is 67.6 Å². The van der Waals surface area contributed by atoms with E-state index in [4.69, 9.17) is 20.5 Å². The van der Waals surface area contributed by atoms with Gasteiger partial charge in [-0.1, -0.05) is 66.7 Å². The molecular formula is C45H52N10O11S6. The first-order valence-electron chi connectivity index (χ1n) is 21.6. The van der Waals surface area contributed by atoms with Crippen LogP contribution in [-0.4, -0.2) is 127 Å². The lowest BCUT2D eigenvalue weighted by atomic mass is 10.1. The number of aryl methyl sites for hydroxylation is 1. The topological polar surface area (TPSA) is 285 Å². The fraction of sp³-hybridized carbons (Fsp3) is 0.289. The Kier molecular flexibility index (Phi) is 20.3. The Balaban J connectivity index is 0.000000262. The monoisotopic (exact) mass is 1100 g/mol. The van der Waals surface area contributed by atoms with Crippen molar-refractivity contribution in [3.8, 4) is 23.8 Å². The number of terminal acetylenes is 1. The number of nitrogen functional groups attached to an aromatic ring is 1. The van der Waals surface area contributed by atoms with E-state index < -0.39 is 58.4 Å². The Morgan fingerprint density at radius 3 is 2.00 bits per heavy atom. The number of benzene rings is 3. The van der Waals surface area contributed by atoms with Crippen molar-refractivity contribution in [1.29, 1.82) is 0 Å². The number of anilines is 3. The number of thiazole rings is 2. The molecule has 7 rings (SSSR count). The van der Waals surface area contributed by atoms with Crippen LogP contribution >= 0.6 is 22.7 Å². The Hall–Kier alpha value is -6.38. The Morgan fingerprint density at radius 1 is 0.847 bits per heavy atom. The lowest BCUT2D eigenvalue weighted by Crippen LogP contribution is -2.46. The molecule has 1 saturated heterocycles. The van der Waals surface area contributed by atoms with E-state index in [0.29, 0.717) is 51.6 Å². The summed E-state index contributed by atoms with van der Waals surface area (Å²) in [5.41, 5.74) is 7.22. The molecule has 2 amide bonds. The Bertz CT molecular complexity index is 3290. The molecule has 3 aromatic carbocycles. The maximum Gasteiger partial charge on any atom is 0.322 e. The summed E-state index contributed by atoms with van der Waals surface area (Å²) in [4.78, 5) is 37.2. The summed E-state index contributed by atoms with van der Waals surface area (Å²) in [5, 5.41) is 13.3. The summed E-state index contributed by atoms with van der Waals surface area (Å²) < 4.78 is 98.3. The minimum absolute atomic E-state index is 0.00512. The summed E-state index contributed by atoms with van der Waals surface area (Å²) in [7, 11) is -8.84. The molecule has 384 valence electrons. The molecule has 27 heteroatoms. The van der Waals surface area contributed by atoms with Crippen molar-refractivity contribution in [2.24, 2.45) is 7.05 Å². The average molecular weight is 1100 g/mol. The number of aromatic nitrogens is 5. The number of hydrogen-bond donors (Lipinski definition) is 3. The van der Waals surface area contributed by atoms with Crippen LogP contribution < -0.4 is 24.7 Å². The van der Waals surface area contributed by atoms with E-state index in [9.17, 15) is 39.1 Å². The van der Waals surface area contributed by atoms with E-state index in [0.717, 1.165) is 48.2 Å². The van der Waals surface area contributed by atoms with Crippen LogP contribution in [0.2, 0.25) is 0 Å². The van der Waals surface area contributed by atoms with Crippen LogP contribution in [0, 0.1) is 12.3 Å². The van der Waals surface area contributed by atoms with E-state index in [2.05, 4.69) is 41.6 Å². The van der Waals surface area contributed by atoms with Gasteiger partial charge in [0.25, 0.3) is 11.8 Å². The quantitative estimate of drug-likeness (QED) is 0.0583. The smallest absolute Gasteiger partial charge is 0.322 e. The van der Waals surface area contributed by atoms with Crippen LogP contribution in [0.4, 0.5) is 16.0 Å². The Morgan fingerprint density at radius 2 is 1.44 bits per heavy atom. The van der Waals surface area contributed by atoms with Crippen molar-refractivity contribution in [1.82, 2.24) is 34.5 Å². The first-order valence-corrected chi connectivity index (χ1v) is 29.6. The predicted octanol–water partition coefficient (Wildman–Crippen LogP) is 4.95. The third-order valence-corrected chi connectivity index (χ3v) is 17.3. The van der Waals surface area contributed by atoms with Gasteiger partial charge in [-0.15, -0.1) is 16.6 Å². The largest absolute Gasteiger partial charge is 0.398 e. The number of carbonyl (C=O) groups excluding carboxylic acids is 2. The molecular weight excluding hydrogens is 1050 g/mol. The van der Waals surface area contributed by atoms with Gasteiger partial charge in [-0.05, 0) is 73.6 Å². The van der Waals surface area contributed by atoms with Gasteiger partial charge in [0.1, 0.15) is 37.9 Å². The van der Waals surface area contributed by atoms with Crippen LogP contribution in [-0.2, 0) is 53.7 Å². The molecule has 0 aliphatic carbocycles. The number of nitrogens with one attached hydrogen (secondary N) is 2. The standard InChI is InChI=1S/C23H29N7O5S3.C20H17N3O6S3.C2H6/c1-28-9-11-30(12-10-28)17-38(33,34)35-19-7-5-6-18(14-19)22(31)26-23-24-15-21(36-23)37(32)13-4-3-8-20-27-25-16-29(20)2;1-3-13-7-8-15(17(21)9-13)12-32(27,28)29-16-6-4-5-14(10-16)19(24)23-20-22-11-18(30-20)31(2,25)26;1-2/h3,5-8,14-16H,4,9-13,17H2,1-2H3,(H,24,26,31);1,4-11H,12,21H2,2H3,(H,22,23,24);1-2H3/b8-3+;;. The van der Waals surface area contributed by atoms with Gasteiger partial charge in [0.05, 0.1) is 23.2 Å². The molecule has 72 heavy (non-hydrogen) atoms. The van der Waals surface area contributed by atoms with Gasteiger partial charge in [0.15, 0.2) is 25.9 Å². The Labute approximate surface area is 429 Å². The maximum absolute atomic E-state index is 12.7. The summed E-state index contributed by atoms with van der Waals surface area (Å²) in [6, 6.07) is 16.0. The lowest BCUT2D eigenvalue weighted by molar-refractivity contribution is 0.101. The van der Waals surface area contributed by atoms with Crippen molar-refractivity contribution >= 4 is 97.4 Å². The average Bonchev–Trinajstić information content (AvgIpc) is 4.12. The number of sulfone groups is 1. The van der Waals surface area contributed by atoms with Gasteiger partial charge in [0.2, 0.25) is 0 Å². The first-order chi connectivity index (χ1) is 34.1. The van der Waals surface area contributed by atoms with Crippen LogP contribution in [0.5, 0.6) is 11.5 Å². The fourth-order valence-electron chi connectivity index (χ4n) is 6.09. The number of rotatable bonds is 18. The van der Waals surface area contributed by atoms with Gasteiger partial charge in [-0.25, -0.2) is 18.4 Å². The molecule has 0 bridgehead atoms. The van der Waals surface area contributed by atoms with Crippen LogP contribution in [0.25, 0.3) is 6.08 Å². The van der Waals surface area contributed by atoms with E-state index in [1.807, 2.05) is 45.0 Å². The summed E-state index contributed by atoms with van der Waals surface area (Å²) >= 11 is 1.93. The second kappa shape index (κ2) is 25.8. The normalized spacial score (nSPS) is 13.7. The zero-order valence-corrected chi connectivity index (χ0v) is 44.5.